The van der Waals surface area contributed by atoms with Crippen molar-refractivity contribution < 1.29 is 4.79 Å². The Morgan fingerprint density at radius 2 is 1.63 bits per heavy atom. The van der Waals surface area contributed by atoms with Gasteiger partial charge in [0.15, 0.2) is 0 Å². The Balaban J connectivity index is 2.73. The van der Waals surface area contributed by atoms with Crippen LogP contribution in [-0.4, -0.2) is 37.0 Å². The van der Waals surface area contributed by atoms with Gasteiger partial charge in [-0.1, -0.05) is 30.3 Å². The molecule has 0 heterocycles. The lowest BCUT2D eigenvalue weighted by Gasteiger charge is -2.34. The number of carbonyl (C=O) groups is 1. The summed E-state index contributed by atoms with van der Waals surface area (Å²) >= 11 is 0. The molecule has 0 saturated heterocycles. The van der Waals surface area contributed by atoms with Crippen molar-refractivity contribution in [1.29, 1.82) is 0 Å². The van der Waals surface area contributed by atoms with Gasteiger partial charge in [-0.05, 0) is 47.4 Å². The summed E-state index contributed by atoms with van der Waals surface area (Å²) in [6, 6.07) is 9.89. The summed E-state index contributed by atoms with van der Waals surface area (Å²) in [5.74, 6) is 0.0635. The lowest BCUT2D eigenvalue weighted by molar-refractivity contribution is -0.126. The van der Waals surface area contributed by atoms with Gasteiger partial charge >= 0.3 is 0 Å². The minimum absolute atomic E-state index is 0.0531. The molecule has 1 amide bonds. The van der Waals surface area contributed by atoms with Crippen LogP contribution in [-0.2, 0) is 10.2 Å². The van der Waals surface area contributed by atoms with Crippen molar-refractivity contribution in [1.82, 2.24) is 10.2 Å². The van der Waals surface area contributed by atoms with Gasteiger partial charge in [0, 0.05) is 12.1 Å². The molecule has 0 aliphatic carbocycles. The van der Waals surface area contributed by atoms with E-state index in [-0.39, 0.29) is 11.4 Å². The molecule has 0 atom stereocenters. The Morgan fingerprint density at radius 1 is 1.11 bits per heavy atom. The maximum atomic E-state index is 12.4. The van der Waals surface area contributed by atoms with Crippen molar-refractivity contribution in [3.63, 3.8) is 0 Å². The van der Waals surface area contributed by atoms with Gasteiger partial charge in [-0.2, -0.15) is 0 Å². The molecule has 0 radical (unpaired) electrons. The summed E-state index contributed by atoms with van der Waals surface area (Å²) in [5, 5.41) is 3.06. The molecule has 0 spiro atoms. The molecule has 1 rings (SSSR count). The zero-order valence-electron chi connectivity index (χ0n) is 12.9. The second-order valence-electron chi connectivity index (χ2n) is 6.38. The van der Waals surface area contributed by atoms with E-state index in [1.807, 2.05) is 58.3 Å². The fraction of sp³-hybridized carbons (Fsp3) is 0.562. The molecule has 0 fully saturated rings. The Labute approximate surface area is 117 Å². The predicted octanol–water partition coefficient (Wildman–Crippen LogP) is 2.42. The third kappa shape index (κ3) is 3.80. The first-order valence-electron chi connectivity index (χ1n) is 6.69. The van der Waals surface area contributed by atoms with Gasteiger partial charge in [0.05, 0.1) is 5.41 Å². The average molecular weight is 262 g/mol. The van der Waals surface area contributed by atoms with Crippen LogP contribution < -0.4 is 5.32 Å². The first-order chi connectivity index (χ1) is 8.68. The van der Waals surface area contributed by atoms with Gasteiger partial charge in [0.25, 0.3) is 0 Å². The molecule has 0 aliphatic heterocycles. The summed E-state index contributed by atoms with van der Waals surface area (Å²) in [7, 11) is 4.04. The second kappa shape index (κ2) is 5.74. The number of rotatable bonds is 5. The topological polar surface area (TPSA) is 32.3 Å². The van der Waals surface area contributed by atoms with Crippen molar-refractivity contribution in [3.05, 3.63) is 35.9 Å². The average Bonchev–Trinajstić information content (AvgIpc) is 2.36. The second-order valence-corrected chi connectivity index (χ2v) is 6.38. The highest BCUT2D eigenvalue weighted by Gasteiger charge is 2.31. The van der Waals surface area contributed by atoms with Crippen molar-refractivity contribution in [3.8, 4) is 0 Å². The Kier molecular flexibility index (Phi) is 4.75. The van der Waals surface area contributed by atoms with Crippen LogP contribution in [0.25, 0.3) is 0 Å². The summed E-state index contributed by atoms with van der Waals surface area (Å²) in [5.41, 5.74) is 0.474. The van der Waals surface area contributed by atoms with Gasteiger partial charge < -0.3 is 10.2 Å². The standard InChI is InChI=1S/C16H26N2O/c1-15(2,18(5)6)12-17-14(19)16(3,4)13-10-8-7-9-11-13/h7-11H,12H2,1-6H3,(H,17,19). The number of hydrogen-bond donors (Lipinski definition) is 1. The number of likely N-dealkylation sites (N-methyl/N-ethyl adjacent to an activating group) is 1. The van der Waals surface area contributed by atoms with E-state index in [1.54, 1.807) is 0 Å². The predicted molar refractivity (Wildman–Crippen MR) is 80.2 cm³/mol. The van der Waals surface area contributed by atoms with Crippen molar-refractivity contribution >= 4 is 5.91 Å². The Hall–Kier alpha value is -1.35. The number of benzene rings is 1. The van der Waals surface area contributed by atoms with E-state index >= 15 is 0 Å². The maximum absolute atomic E-state index is 12.4. The maximum Gasteiger partial charge on any atom is 0.230 e. The van der Waals surface area contributed by atoms with E-state index < -0.39 is 5.41 Å². The molecule has 1 aromatic rings. The minimum Gasteiger partial charge on any atom is -0.354 e. The van der Waals surface area contributed by atoms with Crippen LogP contribution in [0.15, 0.2) is 30.3 Å². The van der Waals surface area contributed by atoms with Crippen molar-refractivity contribution in [2.75, 3.05) is 20.6 Å². The monoisotopic (exact) mass is 262 g/mol. The van der Waals surface area contributed by atoms with E-state index in [9.17, 15) is 4.79 Å². The molecule has 106 valence electrons. The molecule has 0 aliphatic rings. The van der Waals surface area contributed by atoms with Crippen LogP contribution in [0.3, 0.4) is 0 Å². The van der Waals surface area contributed by atoms with Gasteiger partial charge in [0.1, 0.15) is 0 Å². The van der Waals surface area contributed by atoms with Crippen molar-refractivity contribution in [2.24, 2.45) is 0 Å². The highest BCUT2D eigenvalue weighted by Crippen LogP contribution is 2.23. The fourth-order valence-electron chi connectivity index (χ4n) is 1.66. The van der Waals surface area contributed by atoms with Gasteiger partial charge in [0.2, 0.25) is 5.91 Å². The molecule has 1 N–H and O–H groups in total. The highest BCUT2D eigenvalue weighted by molar-refractivity contribution is 5.87. The molecular formula is C16H26N2O. The Bertz CT molecular complexity index is 422. The van der Waals surface area contributed by atoms with E-state index in [4.69, 9.17) is 0 Å². The molecule has 3 nitrogen and oxygen atoms in total. The van der Waals surface area contributed by atoms with Gasteiger partial charge in [-0.3, -0.25) is 4.79 Å². The molecule has 0 unspecified atom stereocenters. The van der Waals surface area contributed by atoms with Crippen LogP contribution in [0.2, 0.25) is 0 Å². The van der Waals surface area contributed by atoms with Crippen LogP contribution in [0.5, 0.6) is 0 Å². The molecule has 19 heavy (non-hydrogen) atoms. The molecule has 1 aromatic carbocycles. The zero-order valence-corrected chi connectivity index (χ0v) is 12.9. The van der Waals surface area contributed by atoms with E-state index in [1.165, 1.54) is 0 Å². The van der Waals surface area contributed by atoms with E-state index in [0.717, 1.165) is 5.56 Å². The van der Waals surface area contributed by atoms with Crippen molar-refractivity contribution in [2.45, 2.75) is 38.6 Å². The quantitative estimate of drug-likeness (QED) is 0.884. The largest absolute Gasteiger partial charge is 0.354 e. The number of amides is 1. The van der Waals surface area contributed by atoms with Crippen LogP contribution in [0.4, 0.5) is 0 Å². The smallest absolute Gasteiger partial charge is 0.230 e. The van der Waals surface area contributed by atoms with Crippen LogP contribution in [0.1, 0.15) is 33.3 Å². The summed E-state index contributed by atoms with van der Waals surface area (Å²) < 4.78 is 0. The third-order valence-electron chi connectivity index (χ3n) is 3.96. The summed E-state index contributed by atoms with van der Waals surface area (Å²) in [6.07, 6.45) is 0. The van der Waals surface area contributed by atoms with E-state index in [0.29, 0.717) is 6.54 Å². The normalized spacial score (nSPS) is 12.6. The van der Waals surface area contributed by atoms with Gasteiger partial charge in [-0.15, -0.1) is 0 Å². The number of nitrogens with one attached hydrogen (secondary N) is 1. The zero-order chi connectivity index (χ0) is 14.7. The SMILES string of the molecule is CN(C)C(C)(C)CNC(=O)C(C)(C)c1ccccc1. The molecule has 0 aromatic heterocycles. The molecule has 3 heteroatoms. The third-order valence-corrected chi connectivity index (χ3v) is 3.96. The Morgan fingerprint density at radius 3 is 2.11 bits per heavy atom. The lowest BCUT2D eigenvalue weighted by atomic mass is 9.83. The molecule has 0 saturated carbocycles. The van der Waals surface area contributed by atoms with E-state index in [2.05, 4.69) is 24.1 Å². The number of carbonyl (C=O) groups excluding carboxylic acids is 1. The molecular weight excluding hydrogens is 236 g/mol. The minimum atomic E-state index is -0.510. The molecule has 0 bridgehead atoms. The summed E-state index contributed by atoms with van der Waals surface area (Å²) in [4.78, 5) is 14.5. The lowest BCUT2D eigenvalue weighted by Crippen LogP contribution is -2.51. The van der Waals surface area contributed by atoms with Crippen LogP contribution >= 0.6 is 0 Å². The number of hydrogen-bond acceptors (Lipinski definition) is 2. The van der Waals surface area contributed by atoms with Crippen LogP contribution in [0, 0.1) is 0 Å². The number of nitrogens with zero attached hydrogens (tertiary/aromatic N) is 1. The summed E-state index contributed by atoms with van der Waals surface area (Å²) in [6.45, 7) is 8.78. The fourth-order valence-corrected chi connectivity index (χ4v) is 1.66. The first-order valence-corrected chi connectivity index (χ1v) is 6.69. The first kappa shape index (κ1) is 15.7. The van der Waals surface area contributed by atoms with Gasteiger partial charge in [-0.25, -0.2) is 0 Å². The highest BCUT2D eigenvalue weighted by atomic mass is 16.2.